The lowest BCUT2D eigenvalue weighted by atomic mass is 10.1. The van der Waals surface area contributed by atoms with E-state index in [0.717, 1.165) is 19.3 Å². The zero-order valence-corrected chi connectivity index (χ0v) is 11.7. The van der Waals surface area contributed by atoms with Crippen molar-refractivity contribution < 1.29 is 14.6 Å². The van der Waals surface area contributed by atoms with E-state index in [2.05, 4.69) is 0 Å². The molecule has 1 aromatic heterocycles. The fourth-order valence-corrected chi connectivity index (χ4v) is 2.22. The Morgan fingerprint density at radius 1 is 1.32 bits per heavy atom. The number of nitrogens with zero attached hydrogens (tertiary/aromatic N) is 1. The standard InChI is InChI=1S/C14H21NO4/c1-10-9-12(16)15(7-5-4-6-8-19-3)11(2)13(10)14(17)18/h9H,4-8H2,1-3H3,(H,17,18). The van der Waals surface area contributed by atoms with E-state index in [9.17, 15) is 14.7 Å². The highest BCUT2D eigenvalue weighted by Crippen LogP contribution is 2.12. The third-order valence-corrected chi connectivity index (χ3v) is 3.21. The highest BCUT2D eigenvalue weighted by Gasteiger charge is 2.15. The Hall–Kier alpha value is -1.62. The SMILES string of the molecule is COCCCCCn1c(C)c(C(=O)O)c(C)cc1=O. The molecule has 0 bridgehead atoms. The highest BCUT2D eigenvalue weighted by atomic mass is 16.5. The maximum Gasteiger partial charge on any atom is 0.337 e. The van der Waals surface area contributed by atoms with Crippen LogP contribution in [-0.4, -0.2) is 29.4 Å². The molecule has 1 aromatic rings. The summed E-state index contributed by atoms with van der Waals surface area (Å²) in [7, 11) is 1.66. The van der Waals surface area contributed by atoms with Crippen molar-refractivity contribution in [1.29, 1.82) is 0 Å². The van der Waals surface area contributed by atoms with Crippen LogP contribution in [-0.2, 0) is 11.3 Å². The number of aromatic nitrogens is 1. The van der Waals surface area contributed by atoms with Crippen LogP contribution in [0.15, 0.2) is 10.9 Å². The Kier molecular flexibility index (Phi) is 5.76. The van der Waals surface area contributed by atoms with E-state index >= 15 is 0 Å². The van der Waals surface area contributed by atoms with E-state index in [0.29, 0.717) is 24.4 Å². The molecule has 1 heterocycles. The molecule has 19 heavy (non-hydrogen) atoms. The number of rotatable bonds is 7. The number of aryl methyl sites for hydroxylation is 1. The predicted molar refractivity (Wildman–Crippen MR) is 72.9 cm³/mol. The van der Waals surface area contributed by atoms with Crippen LogP contribution in [0.25, 0.3) is 0 Å². The third kappa shape index (κ3) is 3.92. The normalized spacial score (nSPS) is 10.7. The van der Waals surface area contributed by atoms with Crippen LogP contribution in [0.4, 0.5) is 0 Å². The van der Waals surface area contributed by atoms with Crippen LogP contribution >= 0.6 is 0 Å². The molecule has 0 saturated heterocycles. The van der Waals surface area contributed by atoms with Crippen LogP contribution in [0.5, 0.6) is 0 Å². The van der Waals surface area contributed by atoms with E-state index in [4.69, 9.17) is 4.74 Å². The lowest BCUT2D eigenvalue weighted by Crippen LogP contribution is -2.25. The molecule has 0 aliphatic heterocycles. The minimum Gasteiger partial charge on any atom is -0.478 e. The number of pyridine rings is 1. The van der Waals surface area contributed by atoms with Gasteiger partial charge in [-0.2, -0.15) is 0 Å². The summed E-state index contributed by atoms with van der Waals surface area (Å²) < 4.78 is 6.51. The first kappa shape index (κ1) is 15.4. The monoisotopic (exact) mass is 267 g/mol. The van der Waals surface area contributed by atoms with Gasteiger partial charge in [0.05, 0.1) is 5.56 Å². The van der Waals surface area contributed by atoms with Crippen LogP contribution in [0.3, 0.4) is 0 Å². The molecule has 5 heteroatoms. The first-order valence-electron chi connectivity index (χ1n) is 6.42. The van der Waals surface area contributed by atoms with E-state index in [1.54, 1.807) is 25.5 Å². The summed E-state index contributed by atoms with van der Waals surface area (Å²) in [4.78, 5) is 23.1. The van der Waals surface area contributed by atoms with Gasteiger partial charge in [-0.15, -0.1) is 0 Å². The van der Waals surface area contributed by atoms with Gasteiger partial charge in [0.15, 0.2) is 0 Å². The number of unbranched alkanes of at least 4 members (excludes halogenated alkanes) is 2. The van der Waals surface area contributed by atoms with Gasteiger partial charge >= 0.3 is 5.97 Å². The Balaban J connectivity index is 2.86. The van der Waals surface area contributed by atoms with E-state index in [1.165, 1.54) is 6.07 Å². The van der Waals surface area contributed by atoms with Gasteiger partial charge in [0.1, 0.15) is 0 Å². The van der Waals surface area contributed by atoms with Crippen molar-refractivity contribution in [3.8, 4) is 0 Å². The van der Waals surface area contributed by atoms with Gasteiger partial charge in [-0.1, -0.05) is 0 Å². The zero-order valence-electron chi connectivity index (χ0n) is 11.7. The molecule has 106 valence electrons. The molecule has 0 aliphatic rings. The Morgan fingerprint density at radius 3 is 2.58 bits per heavy atom. The Labute approximate surface area is 112 Å². The molecule has 0 amide bonds. The second kappa shape index (κ2) is 7.09. The Morgan fingerprint density at radius 2 is 2.00 bits per heavy atom. The van der Waals surface area contributed by atoms with Crippen molar-refractivity contribution in [2.75, 3.05) is 13.7 Å². The molecular formula is C14H21NO4. The lowest BCUT2D eigenvalue weighted by Gasteiger charge is -2.13. The van der Waals surface area contributed by atoms with Gasteiger partial charge in [-0.3, -0.25) is 4.79 Å². The number of hydrogen-bond acceptors (Lipinski definition) is 3. The molecule has 0 fully saturated rings. The van der Waals surface area contributed by atoms with E-state index in [-0.39, 0.29) is 11.1 Å². The number of aromatic carboxylic acids is 1. The predicted octanol–water partition coefficient (Wildman–Crippen LogP) is 1.98. The summed E-state index contributed by atoms with van der Waals surface area (Å²) >= 11 is 0. The third-order valence-electron chi connectivity index (χ3n) is 3.21. The average Bonchev–Trinajstić information content (AvgIpc) is 2.31. The molecule has 0 saturated carbocycles. The molecule has 0 aliphatic carbocycles. The van der Waals surface area contributed by atoms with Crippen LogP contribution in [0, 0.1) is 13.8 Å². The number of methoxy groups -OCH3 is 1. The van der Waals surface area contributed by atoms with Crippen LogP contribution < -0.4 is 5.56 Å². The van der Waals surface area contributed by atoms with Crippen molar-refractivity contribution in [3.05, 3.63) is 33.2 Å². The first-order valence-corrected chi connectivity index (χ1v) is 6.42. The molecule has 0 atom stereocenters. The maximum absolute atomic E-state index is 11.9. The van der Waals surface area contributed by atoms with Gasteiger partial charge in [0.25, 0.3) is 5.56 Å². The molecule has 0 aromatic carbocycles. The summed E-state index contributed by atoms with van der Waals surface area (Å²) in [6.45, 7) is 4.60. The minimum absolute atomic E-state index is 0.133. The zero-order chi connectivity index (χ0) is 14.4. The maximum atomic E-state index is 11.9. The Bertz CT molecular complexity index is 505. The number of hydrogen-bond donors (Lipinski definition) is 1. The lowest BCUT2D eigenvalue weighted by molar-refractivity contribution is 0.0694. The van der Waals surface area contributed by atoms with E-state index in [1.807, 2.05) is 0 Å². The fourth-order valence-electron chi connectivity index (χ4n) is 2.22. The summed E-state index contributed by atoms with van der Waals surface area (Å²) in [5.74, 6) is -0.983. The molecule has 5 nitrogen and oxygen atoms in total. The average molecular weight is 267 g/mol. The summed E-state index contributed by atoms with van der Waals surface area (Å²) in [5.41, 5.74) is 1.15. The summed E-state index contributed by atoms with van der Waals surface area (Å²) in [5, 5.41) is 9.17. The molecule has 1 rings (SSSR count). The highest BCUT2D eigenvalue weighted by molar-refractivity contribution is 5.90. The first-order chi connectivity index (χ1) is 8.99. The largest absolute Gasteiger partial charge is 0.478 e. The molecule has 0 radical (unpaired) electrons. The van der Waals surface area contributed by atoms with Crippen LogP contribution in [0.2, 0.25) is 0 Å². The quantitative estimate of drug-likeness (QED) is 0.767. The van der Waals surface area contributed by atoms with Crippen LogP contribution in [0.1, 0.15) is 40.9 Å². The van der Waals surface area contributed by atoms with Crippen molar-refractivity contribution >= 4 is 5.97 Å². The van der Waals surface area contributed by atoms with Crippen molar-refractivity contribution in [1.82, 2.24) is 4.57 Å². The van der Waals surface area contributed by atoms with E-state index < -0.39 is 5.97 Å². The topological polar surface area (TPSA) is 68.5 Å². The smallest absolute Gasteiger partial charge is 0.337 e. The number of carbonyl (C=O) groups is 1. The van der Waals surface area contributed by atoms with Gasteiger partial charge in [0.2, 0.25) is 0 Å². The fraction of sp³-hybridized carbons (Fsp3) is 0.571. The molecule has 0 spiro atoms. The van der Waals surface area contributed by atoms with Gasteiger partial charge in [0, 0.05) is 32.0 Å². The second-order valence-corrected chi connectivity index (χ2v) is 4.64. The molecular weight excluding hydrogens is 246 g/mol. The van der Waals surface area contributed by atoms with Crippen molar-refractivity contribution in [2.45, 2.75) is 39.7 Å². The van der Waals surface area contributed by atoms with Gasteiger partial charge in [-0.05, 0) is 38.7 Å². The number of ether oxygens (including phenoxy) is 1. The minimum atomic E-state index is -0.983. The van der Waals surface area contributed by atoms with Gasteiger partial charge in [-0.25, -0.2) is 4.79 Å². The summed E-state index contributed by atoms with van der Waals surface area (Å²) in [6.07, 6.45) is 2.74. The van der Waals surface area contributed by atoms with Gasteiger partial charge < -0.3 is 14.4 Å². The van der Waals surface area contributed by atoms with Crippen molar-refractivity contribution in [3.63, 3.8) is 0 Å². The van der Waals surface area contributed by atoms with Crippen molar-refractivity contribution in [2.24, 2.45) is 0 Å². The summed E-state index contributed by atoms with van der Waals surface area (Å²) in [6, 6.07) is 1.39. The number of carboxylic acid groups (broad SMARTS) is 1. The number of carboxylic acids is 1. The molecule has 0 unspecified atom stereocenters. The molecule has 1 N–H and O–H groups in total. The second-order valence-electron chi connectivity index (χ2n) is 4.64.